The zero-order chi connectivity index (χ0) is 19.5. The molecule has 0 aliphatic heterocycles. The fourth-order valence-corrected chi connectivity index (χ4v) is 2.98. The molecule has 0 fully saturated rings. The van der Waals surface area contributed by atoms with E-state index in [1.54, 1.807) is 36.4 Å². The Morgan fingerprint density at radius 1 is 0.929 bits per heavy atom. The summed E-state index contributed by atoms with van der Waals surface area (Å²) in [5, 5.41) is 25.3. The van der Waals surface area contributed by atoms with E-state index in [1.165, 1.54) is 6.21 Å². The van der Waals surface area contributed by atoms with Crippen LogP contribution < -0.4 is 5.43 Å². The number of hydrazone groups is 1. The standard InChI is InChI=1S/C22H17N3O3/c26-19-9-7-17(8-10-19)25-11-3-6-18(25)14-23-24-22(28)20-12-15-4-1-2-5-16(15)13-21(20)27/h1-14,26-27H,(H,24,28). The van der Waals surface area contributed by atoms with Gasteiger partial charge in [-0.15, -0.1) is 0 Å². The zero-order valence-electron chi connectivity index (χ0n) is 14.8. The molecule has 3 aromatic carbocycles. The molecule has 0 bridgehead atoms. The van der Waals surface area contributed by atoms with Gasteiger partial charge in [0.25, 0.3) is 5.91 Å². The maximum absolute atomic E-state index is 12.4. The van der Waals surface area contributed by atoms with E-state index >= 15 is 0 Å². The molecule has 1 heterocycles. The van der Waals surface area contributed by atoms with E-state index in [0.717, 1.165) is 22.2 Å². The number of rotatable bonds is 4. The molecule has 1 amide bonds. The first kappa shape index (κ1) is 17.4. The fraction of sp³-hybridized carbons (Fsp3) is 0. The van der Waals surface area contributed by atoms with Crippen molar-refractivity contribution < 1.29 is 15.0 Å². The average molecular weight is 371 g/mol. The minimum Gasteiger partial charge on any atom is -0.508 e. The molecule has 0 atom stereocenters. The van der Waals surface area contributed by atoms with Crippen LogP contribution >= 0.6 is 0 Å². The molecule has 28 heavy (non-hydrogen) atoms. The van der Waals surface area contributed by atoms with Gasteiger partial charge < -0.3 is 14.8 Å². The lowest BCUT2D eigenvalue weighted by Gasteiger charge is -2.07. The minimum absolute atomic E-state index is 0.0983. The number of hydrogen-bond donors (Lipinski definition) is 3. The highest BCUT2D eigenvalue weighted by molar-refractivity contribution is 6.01. The van der Waals surface area contributed by atoms with Crippen LogP contribution in [0.4, 0.5) is 0 Å². The van der Waals surface area contributed by atoms with Crippen LogP contribution in [0.15, 0.2) is 84.1 Å². The van der Waals surface area contributed by atoms with Gasteiger partial charge in [-0.05, 0) is 59.3 Å². The summed E-state index contributed by atoms with van der Waals surface area (Å²) in [6, 6.07) is 21.1. The number of nitrogens with zero attached hydrogens (tertiary/aromatic N) is 2. The average Bonchev–Trinajstić information content (AvgIpc) is 3.16. The Bertz CT molecular complexity index is 1180. The molecule has 0 spiro atoms. The number of amides is 1. The molecule has 0 aliphatic carbocycles. The second kappa shape index (κ2) is 7.28. The normalized spacial score (nSPS) is 11.1. The van der Waals surface area contributed by atoms with Gasteiger partial charge in [-0.3, -0.25) is 4.79 Å². The van der Waals surface area contributed by atoms with Gasteiger partial charge in [-0.2, -0.15) is 5.10 Å². The molecule has 138 valence electrons. The number of carbonyl (C=O) groups excluding carboxylic acids is 1. The van der Waals surface area contributed by atoms with Crippen LogP contribution in [-0.2, 0) is 0 Å². The number of aromatic hydroxyl groups is 2. The highest BCUT2D eigenvalue weighted by atomic mass is 16.3. The van der Waals surface area contributed by atoms with Crippen molar-refractivity contribution in [1.82, 2.24) is 9.99 Å². The summed E-state index contributed by atoms with van der Waals surface area (Å²) in [6.45, 7) is 0. The van der Waals surface area contributed by atoms with Crippen molar-refractivity contribution in [3.63, 3.8) is 0 Å². The Labute approximate surface area is 161 Å². The van der Waals surface area contributed by atoms with Crippen LogP contribution in [0, 0.1) is 0 Å². The largest absolute Gasteiger partial charge is 0.508 e. The van der Waals surface area contributed by atoms with Crippen LogP contribution in [-0.4, -0.2) is 26.9 Å². The Balaban J connectivity index is 1.53. The van der Waals surface area contributed by atoms with Crippen molar-refractivity contribution in [2.45, 2.75) is 0 Å². The van der Waals surface area contributed by atoms with E-state index < -0.39 is 5.91 Å². The lowest BCUT2D eigenvalue weighted by Crippen LogP contribution is -2.18. The quantitative estimate of drug-likeness (QED) is 0.377. The Morgan fingerprint density at radius 3 is 2.39 bits per heavy atom. The minimum atomic E-state index is -0.498. The number of hydrogen-bond acceptors (Lipinski definition) is 4. The SMILES string of the molecule is O=C(NN=Cc1cccn1-c1ccc(O)cc1)c1cc2ccccc2cc1O. The first-order valence-electron chi connectivity index (χ1n) is 8.64. The summed E-state index contributed by atoms with van der Waals surface area (Å²) in [6.07, 6.45) is 3.37. The monoisotopic (exact) mass is 371 g/mol. The third-order valence-corrected chi connectivity index (χ3v) is 4.38. The fourth-order valence-electron chi connectivity index (χ4n) is 2.98. The van der Waals surface area contributed by atoms with Crippen molar-refractivity contribution in [2.24, 2.45) is 5.10 Å². The number of aromatic nitrogens is 1. The summed E-state index contributed by atoms with van der Waals surface area (Å²) in [4.78, 5) is 12.4. The molecule has 6 nitrogen and oxygen atoms in total. The molecule has 4 aromatic rings. The lowest BCUT2D eigenvalue weighted by atomic mass is 10.1. The van der Waals surface area contributed by atoms with E-state index in [9.17, 15) is 15.0 Å². The number of phenolic OH excluding ortho intramolecular Hbond substituents is 2. The summed E-state index contributed by atoms with van der Waals surface area (Å²) >= 11 is 0. The van der Waals surface area contributed by atoms with Gasteiger partial charge in [0.1, 0.15) is 11.5 Å². The molecule has 3 N–H and O–H groups in total. The van der Waals surface area contributed by atoms with Gasteiger partial charge in [0.05, 0.1) is 17.5 Å². The van der Waals surface area contributed by atoms with Crippen LogP contribution in [0.2, 0.25) is 0 Å². The number of fused-ring (bicyclic) bond motifs is 1. The molecule has 0 radical (unpaired) electrons. The van der Waals surface area contributed by atoms with E-state index in [2.05, 4.69) is 10.5 Å². The van der Waals surface area contributed by atoms with Crippen molar-refractivity contribution in [1.29, 1.82) is 0 Å². The predicted octanol–water partition coefficient (Wildman–Crippen LogP) is 3.81. The highest BCUT2D eigenvalue weighted by Crippen LogP contribution is 2.24. The van der Waals surface area contributed by atoms with Crippen LogP contribution in [0.25, 0.3) is 16.5 Å². The number of carbonyl (C=O) groups is 1. The zero-order valence-corrected chi connectivity index (χ0v) is 14.8. The Morgan fingerprint density at radius 2 is 1.64 bits per heavy atom. The van der Waals surface area contributed by atoms with Crippen LogP contribution in [0.5, 0.6) is 11.5 Å². The molecule has 1 aromatic heterocycles. The smallest absolute Gasteiger partial charge is 0.275 e. The molecule has 0 aliphatic rings. The molecule has 4 rings (SSSR count). The van der Waals surface area contributed by atoms with Gasteiger partial charge >= 0.3 is 0 Å². The topological polar surface area (TPSA) is 86.9 Å². The molecular formula is C22H17N3O3. The Hall–Kier alpha value is -4.06. The maximum atomic E-state index is 12.4. The molecule has 0 unspecified atom stereocenters. The second-order valence-electron chi connectivity index (χ2n) is 6.24. The van der Waals surface area contributed by atoms with Gasteiger partial charge in [-0.1, -0.05) is 24.3 Å². The molecule has 0 saturated heterocycles. The van der Waals surface area contributed by atoms with E-state index in [0.29, 0.717) is 0 Å². The maximum Gasteiger partial charge on any atom is 0.275 e. The van der Waals surface area contributed by atoms with Gasteiger partial charge in [-0.25, -0.2) is 5.43 Å². The van der Waals surface area contributed by atoms with Crippen molar-refractivity contribution in [2.75, 3.05) is 0 Å². The van der Waals surface area contributed by atoms with Crippen molar-refractivity contribution in [3.8, 4) is 17.2 Å². The molecule has 0 saturated carbocycles. The summed E-state index contributed by atoms with van der Waals surface area (Å²) in [7, 11) is 0. The second-order valence-corrected chi connectivity index (χ2v) is 6.24. The van der Waals surface area contributed by atoms with E-state index in [4.69, 9.17) is 0 Å². The van der Waals surface area contributed by atoms with E-state index in [-0.39, 0.29) is 17.1 Å². The third kappa shape index (κ3) is 3.43. The number of benzene rings is 3. The lowest BCUT2D eigenvalue weighted by molar-refractivity contribution is 0.0952. The summed E-state index contributed by atoms with van der Waals surface area (Å²) in [5.41, 5.74) is 4.20. The van der Waals surface area contributed by atoms with Gasteiger partial charge in [0.15, 0.2) is 0 Å². The summed E-state index contributed by atoms with van der Waals surface area (Å²) in [5.74, 6) is -0.408. The first-order chi connectivity index (χ1) is 13.6. The Kier molecular flexibility index (Phi) is 4.51. The van der Waals surface area contributed by atoms with Gasteiger partial charge in [0.2, 0.25) is 0 Å². The van der Waals surface area contributed by atoms with Crippen molar-refractivity contribution in [3.05, 3.63) is 90.3 Å². The summed E-state index contributed by atoms with van der Waals surface area (Å²) < 4.78 is 1.86. The molecular weight excluding hydrogens is 354 g/mol. The number of nitrogens with one attached hydrogen (secondary N) is 1. The predicted molar refractivity (Wildman–Crippen MR) is 108 cm³/mol. The van der Waals surface area contributed by atoms with Crippen LogP contribution in [0.1, 0.15) is 16.1 Å². The van der Waals surface area contributed by atoms with Gasteiger partial charge in [0, 0.05) is 11.9 Å². The third-order valence-electron chi connectivity index (χ3n) is 4.38. The highest BCUT2D eigenvalue weighted by Gasteiger charge is 2.12. The first-order valence-corrected chi connectivity index (χ1v) is 8.64. The van der Waals surface area contributed by atoms with Crippen LogP contribution in [0.3, 0.4) is 0 Å². The molecule has 6 heteroatoms. The van der Waals surface area contributed by atoms with E-state index in [1.807, 2.05) is 47.2 Å². The number of phenols is 2. The van der Waals surface area contributed by atoms with Crippen molar-refractivity contribution >= 4 is 22.9 Å².